The Kier molecular flexibility index (Phi) is 5.81. The fourth-order valence-corrected chi connectivity index (χ4v) is 4.79. The minimum atomic E-state index is -3.60. The van der Waals surface area contributed by atoms with Crippen LogP contribution in [0.2, 0.25) is 5.02 Å². The molecule has 1 fully saturated rings. The molecule has 0 radical (unpaired) electrons. The van der Waals surface area contributed by atoms with Crippen molar-refractivity contribution in [1.82, 2.24) is 9.62 Å². The summed E-state index contributed by atoms with van der Waals surface area (Å²) in [5.41, 5.74) is 0.282. The Hall–Kier alpha value is -1.13. The smallest absolute Gasteiger partial charge is 0.243 e. The summed E-state index contributed by atoms with van der Waals surface area (Å²) >= 11 is 5.99. The fraction of sp³-hybridized carbons (Fsp3) is 0.533. The number of piperidine rings is 1. The van der Waals surface area contributed by atoms with Crippen molar-refractivity contribution in [3.05, 3.63) is 28.8 Å². The third-order valence-electron chi connectivity index (χ3n) is 3.83. The molecule has 0 atom stereocenters. The standard InChI is InChI=1S/C15H20ClN3O2S/c1-2-9-19(13-5-7-18-8-6-13)22(20,21)14-4-3-12(11-17)15(16)10-14/h3-4,10,13,18H,2,5-9H2,1H3. The number of sulfonamides is 1. The van der Waals surface area contributed by atoms with E-state index in [1.807, 2.05) is 13.0 Å². The van der Waals surface area contributed by atoms with Gasteiger partial charge in [0.2, 0.25) is 10.0 Å². The van der Waals surface area contributed by atoms with Crippen LogP contribution in [-0.2, 0) is 10.0 Å². The number of nitriles is 1. The van der Waals surface area contributed by atoms with Gasteiger partial charge in [-0.25, -0.2) is 8.42 Å². The Morgan fingerprint density at radius 1 is 1.41 bits per heavy atom. The zero-order valence-electron chi connectivity index (χ0n) is 12.5. The molecule has 0 amide bonds. The largest absolute Gasteiger partial charge is 0.317 e. The molecule has 0 saturated carbocycles. The van der Waals surface area contributed by atoms with Gasteiger partial charge in [0.25, 0.3) is 0 Å². The lowest BCUT2D eigenvalue weighted by molar-refractivity contribution is 0.262. The second-order valence-electron chi connectivity index (χ2n) is 5.35. The quantitative estimate of drug-likeness (QED) is 0.892. The van der Waals surface area contributed by atoms with E-state index in [2.05, 4.69) is 5.32 Å². The predicted molar refractivity (Wildman–Crippen MR) is 86.2 cm³/mol. The first kappa shape index (κ1) is 17.2. The Bertz CT molecular complexity index is 664. The minimum absolute atomic E-state index is 0.0145. The molecule has 1 saturated heterocycles. The number of nitrogens with one attached hydrogen (secondary N) is 1. The van der Waals surface area contributed by atoms with Crippen LogP contribution in [0.3, 0.4) is 0 Å². The van der Waals surface area contributed by atoms with E-state index in [1.54, 1.807) is 4.31 Å². The Morgan fingerprint density at radius 3 is 2.64 bits per heavy atom. The van der Waals surface area contributed by atoms with Crippen LogP contribution in [0, 0.1) is 11.3 Å². The van der Waals surface area contributed by atoms with Gasteiger partial charge < -0.3 is 5.32 Å². The van der Waals surface area contributed by atoms with Crippen LogP contribution in [0.5, 0.6) is 0 Å². The van der Waals surface area contributed by atoms with E-state index < -0.39 is 10.0 Å². The number of hydrogen-bond donors (Lipinski definition) is 1. The molecule has 120 valence electrons. The first-order valence-electron chi connectivity index (χ1n) is 7.43. The summed E-state index contributed by atoms with van der Waals surface area (Å²) in [6, 6.07) is 6.25. The maximum absolute atomic E-state index is 12.9. The third kappa shape index (κ3) is 3.61. The molecule has 0 aliphatic carbocycles. The van der Waals surface area contributed by atoms with Crippen molar-refractivity contribution in [2.24, 2.45) is 0 Å². The van der Waals surface area contributed by atoms with Crippen molar-refractivity contribution in [1.29, 1.82) is 5.26 Å². The van der Waals surface area contributed by atoms with Crippen LogP contribution in [0.4, 0.5) is 0 Å². The molecule has 1 aromatic rings. The lowest BCUT2D eigenvalue weighted by Crippen LogP contribution is -2.46. The number of benzene rings is 1. The average molecular weight is 342 g/mol. The SMILES string of the molecule is CCCN(C1CCNCC1)S(=O)(=O)c1ccc(C#N)c(Cl)c1. The summed E-state index contributed by atoms with van der Waals surface area (Å²) in [5.74, 6) is 0. The number of nitrogens with zero attached hydrogens (tertiary/aromatic N) is 2. The number of halogens is 1. The molecule has 2 rings (SSSR count). The van der Waals surface area contributed by atoms with Gasteiger partial charge >= 0.3 is 0 Å². The molecule has 1 aliphatic rings. The van der Waals surface area contributed by atoms with E-state index in [0.29, 0.717) is 6.54 Å². The van der Waals surface area contributed by atoms with E-state index in [-0.39, 0.29) is 21.5 Å². The molecule has 22 heavy (non-hydrogen) atoms. The molecular formula is C15H20ClN3O2S. The highest BCUT2D eigenvalue weighted by Gasteiger charge is 2.31. The molecule has 0 bridgehead atoms. The summed E-state index contributed by atoms with van der Waals surface area (Å²) in [5, 5.41) is 12.3. The van der Waals surface area contributed by atoms with E-state index in [4.69, 9.17) is 16.9 Å². The fourth-order valence-electron chi connectivity index (χ4n) is 2.70. The van der Waals surface area contributed by atoms with Gasteiger partial charge in [-0.1, -0.05) is 18.5 Å². The van der Waals surface area contributed by atoms with Gasteiger partial charge in [-0.2, -0.15) is 9.57 Å². The topological polar surface area (TPSA) is 73.2 Å². The maximum Gasteiger partial charge on any atom is 0.243 e. The van der Waals surface area contributed by atoms with Crippen molar-refractivity contribution in [2.45, 2.75) is 37.1 Å². The van der Waals surface area contributed by atoms with Crippen molar-refractivity contribution in [3.63, 3.8) is 0 Å². The Labute approximate surface area is 136 Å². The number of rotatable bonds is 5. The number of hydrogen-bond acceptors (Lipinski definition) is 4. The van der Waals surface area contributed by atoms with E-state index in [1.165, 1.54) is 18.2 Å². The molecule has 0 spiro atoms. The van der Waals surface area contributed by atoms with Gasteiger partial charge in [-0.05, 0) is 50.6 Å². The second kappa shape index (κ2) is 7.42. The van der Waals surface area contributed by atoms with E-state index >= 15 is 0 Å². The molecular weight excluding hydrogens is 322 g/mol. The van der Waals surface area contributed by atoms with Crippen molar-refractivity contribution >= 4 is 21.6 Å². The van der Waals surface area contributed by atoms with Gasteiger partial charge in [-0.15, -0.1) is 0 Å². The molecule has 1 heterocycles. The Morgan fingerprint density at radius 2 is 2.09 bits per heavy atom. The summed E-state index contributed by atoms with van der Waals surface area (Å²) in [6.45, 7) is 4.11. The van der Waals surface area contributed by atoms with E-state index in [9.17, 15) is 8.42 Å². The summed E-state index contributed by atoms with van der Waals surface area (Å²) < 4.78 is 27.5. The molecule has 0 unspecified atom stereocenters. The van der Waals surface area contributed by atoms with Crippen molar-refractivity contribution in [3.8, 4) is 6.07 Å². The zero-order chi connectivity index (χ0) is 16.2. The van der Waals surface area contributed by atoms with Crippen LogP contribution in [0.25, 0.3) is 0 Å². The van der Waals surface area contributed by atoms with Crippen LogP contribution >= 0.6 is 11.6 Å². The summed E-state index contributed by atoms with van der Waals surface area (Å²) in [4.78, 5) is 0.156. The molecule has 1 N–H and O–H groups in total. The first-order valence-corrected chi connectivity index (χ1v) is 9.24. The molecule has 5 nitrogen and oxygen atoms in total. The van der Waals surface area contributed by atoms with E-state index in [0.717, 1.165) is 32.4 Å². The maximum atomic E-state index is 12.9. The summed E-state index contributed by atoms with van der Waals surface area (Å²) in [7, 11) is -3.60. The minimum Gasteiger partial charge on any atom is -0.317 e. The second-order valence-corrected chi connectivity index (χ2v) is 7.65. The highest BCUT2D eigenvalue weighted by Crippen LogP contribution is 2.26. The lowest BCUT2D eigenvalue weighted by Gasteiger charge is -2.33. The van der Waals surface area contributed by atoms with Crippen LogP contribution in [-0.4, -0.2) is 38.4 Å². The first-order chi connectivity index (χ1) is 10.5. The molecule has 1 aromatic carbocycles. The monoisotopic (exact) mass is 341 g/mol. The van der Waals surface area contributed by atoms with Crippen molar-refractivity contribution in [2.75, 3.05) is 19.6 Å². The summed E-state index contributed by atoms with van der Waals surface area (Å²) in [6.07, 6.45) is 2.37. The highest BCUT2D eigenvalue weighted by molar-refractivity contribution is 7.89. The molecule has 1 aliphatic heterocycles. The lowest BCUT2D eigenvalue weighted by atomic mass is 10.1. The van der Waals surface area contributed by atoms with Gasteiger partial charge in [0, 0.05) is 12.6 Å². The van der Waals surface area contributed by atoms with Gasteiger partial charge in [0.05, 0.1) is 15.5 Å². The van der Waals surface area contributed by atoms with Gasteiger partial charge in [0.15, 0.2) is 0 Å². The normalized spacial score (nSPS) is 16.6. The van der Waals surface area contributed by atoms with Crippen molar-refractivity contribution < 1.29 is 8.42 Å². The zero-order valence-corrected chi connectivity index (χ0v) is 14.1. The molecule has 0 aromatic heterocycles. The van der Waals surface area contributed by atoms with Crippen LogP contribution < -0.4 is 5.32 Å². The van der Waals surface area contributed by atoms with Crippen LogP contribution in [0.1, 0.15) is 31.7 Å². The average Bonchev–Trinajstić information content (AvgIpc) is 2.53. The molecule has 7 heteroatoms. The third-order valence-corrected chi connectivity index (χ3v) is 6.09. The van der Waals surface area contributed by atoms with Gasteiger partial charge in [0.1, 0.15) is 6.07 Å². The predicted octanol–water partition coefficient (Wildman–Crippen LogP) is 2.36. The highest BCUT2D eigenvalue weighted by atomic mass is 35.5. The Balaban J connectivity index is 2.36. The van der Waals surface area contributed by atoms with Gasteiger partial charge in [-0.3, -0.25) is 0 Å². The van der Waals surface area contributed by atoms with Crippen LogP contribution in [0.15, 0.2) is 23.1 Å².